The third-order valence-electron chi connectivity index (χ3n) is 3.36. The third-order valence-corrected chi connectivity index (χ3v) is 5.01. The van der Waals surface area contributed by atoms with E-state index in [9.17, 15) is 4.79 Å². The zero-order chi connectivity index (χ0) is 20.7. The van der Waals surface area contributed by atoms with Gasteiger partial charge >= 0.3 is 5.97 Å². The lowest BCUT2D eigenvalue weighted by molar-refractivity contribution is -0.133. The van der Waals surface area contributed by atoms with E-state index in [1.807, 2.05) is 0 Å². The molecule has 0 atom stereocenters. The largest absolute Gasteiger partial charge is 0.503 e. The van der Waals surface area contributed by atoms with Crippen molar-refractivity contribution in [3.63, 3.8) is 0 Å². The van der Waals surface area contributed by atoms with Crippen LogP contribution in [0.15, 0.2) is 54.8 Å². The fourth-order valence-corrected chi connectivity index (χ4v) is 2.42. The van der Waals surface area contributed by atoms with Gasteiger partial charge in [0.1, 0.15) is 22.8 Å². The summed E-state index contributed by atoms with van der Waals surface area (Å²) in [5.74, 6) is 0.506. The molecule has 0 unspecified atom stereocenters. The Bertz CT molecular complexity index is 852. The van der Waals surface area contributed by atoms with Crippen LogP contribution in [0.3, 0.4) is 0 Å². The lowest BCUT2D eigenvalue weighted by Gasteiger charge is -2.22. The summed E-state index contributed by atoms with van der Waals surface area (Å²) in [6, 6.07) is 13.4. The number of hydrogen-bond acceptors (Lipinski definition) is 5. The van der Waals surface area contributed by atoms with Crippen LogP contribution in [-0.4, -0.2) is 29.5 Å². The summed E-state index contributed by atoms with van der Waals surface area (Å²) < 4.78 is 19.3. The van der Waals surface area contributed by atoms with Crippen LogP contribution in [0.25, 0.3) is 5.57 Å². The lowest BCUT2D eigenvalue weighted by atomic mass is 10.1. The highest BCUT2D eigenvalue weighted by Crippen LogP contribution is 2.37. The number of carbonyl (C=O) groups is 1. The molecule has 0 aliphatic heterocycles. The summed E-state index contributed by atoms with van der Waals surface area (Å²) in [7, 11) is 2.71. The van der Waals surface area contributed by atoms with Gasteiger partial charge in [0.25, 0.3) is 4.52 Å². The molecule has 2 aromatic carbocycles. The molecule has 0 aliphatic carbocycles. The number of benzene rings is 2. The van der Waals surface area contributed by atoms with E-state index in [0.717, 1.165) is 0 Å². The summed E-state index contributed by atoms with van der Waals surface area (Å²) in [6.45, 7) is 0. The van der Waals surface area contributed by atoms with Crippen LogP contribution in [0, 0.1) is 0 Å². The highest BCUT2D eigenvalue weighted by atomic mass is 35.5. The van der Waals surface area contributed by atoms with Crippen molar-refractivity contribution in [2.24, 2.45) is 0 Å². The number of carbonyl (C=O) groups excluding carboxylic acids is 1. The minimum atomic E-state index is -1.83. The molecule has 0 fully saturated rings. The van der Waals surface area contributed by atoms with Crippen molar-refractivity contribution in [3.8, 4) is 17.2 Å². The average Bonchev–Trinajstić information content (AvgIpc) is 2.66. The number of para-hydroxylation sites is 1. The minimum Gasteiger partial charge on any atom is -0.503 e. The maximum absolute atomic E-state index is 12.1. The number of esters is 1. The van der Waals surface area contributed by atoms with Crippen molar-refractivity contribution >= 4 is 57.9 Å². The summed E-state index contributed by atoms with van der Waals surface area (Å²) >= 11 is 23.3. The second-order valence-electron chi connectivity index (χ2n) is 5.30. The second kappa shape index (κ2) is 10.1. The molecule has 0 aromatic heterocycles. The van der Waals surface area contributed by atoms with Gasteiger partial charge in [-0.3, -0.25) is 0 Å². The molecule has 9 heteroatoms. The Morgan fingerprint density at radius 2 is 1.71 bits per heavy atom. The van der Waals surface area contributed by atoms with Gasteiger partial charge in [-0.25, -0.2) is 4.79 Å². The summed E-state index contributed by atoms with van der Waals surface area (Å²) in [6.07, 6.45) is 1.28. The predicted octanol–water partition coefficient (Wildman–Crippen LogP) is 5.95. The first-order valence-corrected chi connectivity index (χ1v) is 9.45. The maximum atomic E-state index is 12.1. The van der Waals surface area contributed by atoms with Gasteiger partial charge in [-0.15, -0.1) is 0 Å². The van der Waals surface area contributed by atoms with Crippen LogP contribution in [-0.2, 0) is 14.3 Å². The molecule has 5 nitrogen and oxygen atoms in total. The van der Waals surface area contributed by atoms with E-state index in [2.05, 4.69) is 0 Å². The first-order valence-electron chi connectivity index (χ1n) is 7.82. The molecule has 2 rings (SSSR count). The van der Waals surface area contributed by atoms with Crippen molar-refractivity contribution in [1.29, 1.82) is 0 Å². The fraction of sp³-hybridized carbons (Fsp3) is 0.211. The molecule has 2 aromatic rings. The van der Waals surface area contributed by atoms with Crippen LogP contribution in [0.1, 0.15) is 5.56 Å². The van der Waals surface area contributed by atoms with Crippen molar-refractivity contribution in [3.05, 3.63) is 60.4 Å². The highest BCUT2D eigenvalue weighted by molar-refractivity contribution is 6.59. The Hall–Kier alpha value is -1.79. The van der Waals surface area contributed by atoms with E-state index < -0.39 is 15.3 Å². The summed E-state index contributed by atoms with van der Waals surface area (Å²) in [5, 5.41) is 0. The van der Waals surface area contributed by atoms with Gasteiger partial charge in [0, 0.05) is 11.6 Å². The molecule has 0 spiro atoms. The van der Waals surface area contributed by atoms with Crippen LogP contribution >= 0.6 is 46.4 Å². The lowest BCUT2D eigenvalue weighted by Crippen LogP contribution is -2.29. The third kappa shape index (κ3) is 5.85. The van der Waals surface area contributed by atoms with E-state index in [1.54, 1.807) is 48.5 Å². The van der Waals surface area contributed by atoms with Crippen LogP contribution < -0.4 is 9.47 Å². The molecular weight excluding hydrogens is 450 g/mol. The van der Waals surface area contributed by atoms with E-state index in [1.165, 1.54) is 20.5 Å². The Balaban J connectivity index is 2.34. The Labute approximate surface area is 182 Å². The summed E-state index contributed by atoms with van der Waals surface area (Å²) in [5.41, 5.74) is 0.675. The zero-order valence-electron chi connectivity index (χ0n) is 14.8. The van der Waals surface area contributed by atoms with E-state index in [-0.39, 0.29) is 11.3 Å². The first kappa shape index (κ1) is 22.5. The number of alkyl halides is 4. The monoisotopic (exact) mass is 464 g/mol. The zero-order valence-corrected chi connectivity index (χ0v) is 17.9. The number of halogens is 4. The molecule has 0 saturated carbocycles. The first-order chi connectivity index (χ1) is 13.3. The van der Waals surface area contributed by atoms with Crippen molar-refractivity contribution in [2.75, 3.05) is 14.2 Å². The summed E-state index contributed by atoms with van der Waals surface area (Å²) in [4.78, 5) is 10.9. The molecule has 0 aliphatic rings. The molecule has 0 bridgehead atoms. The predicted molar refractivity (Wildman–Crippen MR) is 111 cm³/mol. The van der Waals surface area contributed by atoms with Crippen molar-refractivity contribution in [2.45, 2.75) is 9.36 Å². The van der Waals surface area contributed by atoms with Crippen LogP contribution in [0.5, 0.6) is 17.2 Å². The standard InChI is InChI=1S/C19H16Cl4O5/c1-25-11-15(17(24)26-2)14-8-3-4-9-16(14)27-12-6-5-7-13(10-12)28-19(22,23)18(20)21/h3-11,18H,1-2H3/b15-11+. The van der Waals surface area contributed by atoms with Crippen molar-refractivity contribution < 1.29 is 23.7 Å². The van der Waals surface area contributed by atoms with Crippen LogP contribution in [0.2, 0.25) is 0 Å². The Morgan fingerprint density at radius 3 is 2.36 bits per heavy atom. The topological polar surface area (TPSA) is 54.0 Å². The molecule has 0 saturated heterocycles. The van der Waals surface area contributed by atoms with Gasteiger partial charge in [-0.1, -0.05) is 70.7 Å². The van der Waals surface area contributed by atoms with Crippen molar-refractivity contribution in [1.82, 2.24) is 0 Å². The molecule has 0 N–H and O–H groups in total. The molecule has 0 amide bonds. The van der Waals surface area contributed by atoms with Gasteiger partial charge in [0.05, 0.1) is 20.5 Å². The molecular formula is C19H16Cl4O5. The van der Waals surface area contributed by atoms with E-state index in [4.69, 9.17) is 65.4 Å². The Morgan fingerprint density at radius 1 is 1.04 bits per heavy atom. The van der Waals surface area contributed by atoms with Crippen LogP contribution in [0.4, 0.5) is 0 Å². The smallest absolute Gasteiger partial charge is 0.341 e. The van der Waals surface area contributed by atoms with Gasteiger partial charge in [0.15, 0.2) is 4.84 Å². The van der Waals surface area contributed by atoms with Gasteiger partial charge in [-0.05, 0) is 18.2 Å². The molecule has 28 heavy (non-hydrogen) atoms. The molecule has 0 heterocycles. The highest BCUT2D eigenvalue weighted by Gasteiger charge is 2.35. The molecule has 0 radical (unpaired) electrons. The van der Waals surface area contributed by atoms with E-state index >= 15 is 0 Å². The number of methoxy groups -OCH3 is 2. The number of rotatable bonds is 8. The quantitative estimate of drug-likeness (QED) is 0.208. The Kier molecular flexibility index (Phi) is 8.13. The van der Waals surface area contributed by atoms with Gasteiger partial charge in [0.2, 0.25) is 0 Å². The number of hydrogen-bond donors (Lipinski definition) is 0. The van der Waals surface area contributed by atoms with Gasteiger partial charge in [-0.2, -0.15) is 0 Å². The fourth-order valence-electron chi connectivity index (χ4n) is 2.16. The SMILES string of the molecule is CO/C=C(/C(=O)OC)c1ccccc1Oc1cccc(OC(Cl)(Cl)C(Cl)Cl)c1. The maximum Gasteiger partial charge on any atom is 0.341 e. The average molecular weight is 466 g/mol. The van der Waals surface area contributed by atoms with E-state index in [0.29, 0.717) is 17.1 Å². The van der Waals surface area contributed by atoms with Gasteiger partial charge < -0.3 is 18.9 Å². The number of ether oxygens (including phenoxy) is 4. The minimum absolute atomic E-state index is 0.195. The second-order valence-corrected chi connectivity index (χ2v) is 7.71. The normalized spacial score (nSPS) is 11.9. The molecule has 150 valence electrons.